The summed E-state index contributed by atoms with van der Waals surface area (Å²) in [4.78, 5) is 11.4. The maximum Gasteiger partial charge on any atom is 0.223 e. The molecule has 2 N–H and O–H groups in total. The normalized spacial score (nSPS) is 18.3. The smallest absolute Gasteiger partial charge is 0.223 e. The standard InChI is InChI=1S/C17H18BrFN6/c1-24-8-2-3-12(24)9-13-21-16-14(18)15(22-17(20)25(16)23-13)10-4-6-11(19)7-5-10/h4-7,12H,2-3,8-9H2,1H3,(H2,20,22)/t12-/m1/s1. The summed E-state index contributed by atoms with van der Waals surface area (Å²) in [6.45, 7) is 1.11. The van der Waals surface area contributed by atoms with Crippen LogP contribution in [-0.4, -0.2) is 44.1 Å². The summed E-state index contributed by atoms with van der Waals surface area (Å²) < 4.78 is 15.4. The van der Waals surface area contributed by atoms with Crippen LogP contribution in [0.3, 0.4) is 0 Å². The van der Waals surface area contributed by atoms with Crippen LogP contribution < -0.4 is 5.73 Å². The first kappa shape index (κ1) is 16.4. The average Bonchev–Trinajstić information content (AvgIpc) is 3.20. The lowest BCUT2D eigenvalue weighted by atomic mass is 10.1. The van der Waals surface area contributed by atoms with Crippen molar-refractivity contribution >= 4 is 27.5 Å². The van der Waals surface area contributed by atoms with E-state index in [4.69, 9.17) is 5.73 Å². The van der Waals surface area contributed by atoms with E-state index in [1.54, 1.807) is 16.6 Å². The van der Waals surface area contributed by atoms with Gasteiger partial charge in [-0.3, -0.25) is 0 Å². The Morgan fingerprint density at radius 2 is 2.04 bits per heavy atom. The molecular weight excluding hydrogens is 387 g/mol. The molecule has 3 heterocycles. The average molecular weight is 405 g/mol. The molecule has 1 aromatic carbocycles. The van der Waals surface area contributed by atoms with Crippen molar-refractivity contribution < 1.29 is 4.39 Å². The molecule has 25 heavy (non-hydrogen) atoms. The van der Waals surface area contributed by atoms with Gasteiger partial charge in [0.25, 0.3) is 0 Å². The minimum Gasteiger partial charge on any atom is -0.368 e. The van der Waals surface area contributed by atoms with E-state index in [0.29, 0.717) is 21.9 Å². The topological polar surface area (TPSA) is 72.3 Å². The highest BCUT2D eigenvalue weighted by molar-refractivity contribution is 9.10. The van der Waals surface area contributed by atoms with Crippen molar-refractivity contribution in [2.45, 2.75) is 25.3 Å². The number of halogens is 2. The molecule has 6 nitrogen and oxygen atoms in total. The molecule has 0 spiro atoms. The van der Waals surface area contributed by atoms with Crippen LogP contribution in [0.25, 0.3) is 16.9 Å². The molecule has 0 radical (unpaired) electrons. The number of hydrogen-bond donors (Lipinski definition) is 1. The second-order valence-corrected chi connectivity index (χ2v) is 7.18. The number of likely N-dealkylation sites (N-methyl/N-ethyl adjacent to an activating group) is 1. The Hall–Kier alpha value is -2.06. The predicted octanol–water partition coefficient (Wildman–Crippen LogP) is 2.91. The van der Waals surface area contributed by atoms with Crippen molar-refractivity contribution in [3.8, 4) is 11.3 Å². The van der Waals surface area contributed by atoms with Gasteiger partial charge in [-0.15, -0.1) is 5.10 Å². The van der Waals surface area contributed by atoms with Crippen LogP contribution in [0.4, 0.5) is 10.3 Å². The van der Waals surface area contributed by atoms with E-state index >= 15 is 0 Å². The number of benzene rings is 1. The van der Waals surface area contributed by atoms with Gasteiger partial charge in [0.1, 0.15) is 5.82 Å². The van der Waals surface area contributed by atoms with E-state index in [9.17, 15) is 4.39 Å². The monoisotopic (exact) mass is 404 g/mol. The van der Waals surface area contributed by atoms with Gasteiger partial charge >= 0.3 is 0 Å². The molecule has 2 aromatic heterocycles. The highest BCUT2D eigenvalue weighted by atomic mass is 79.9. The molecule has 3 aromatic rings. The zero-order chi connectivity index (χ0) is 17.6. The van der Waals surface area contributed by atoms with Gasteiger partial charge in [-0.05, 0) is 66.6 Å². The molecule has 0 saturated carbocycles. The van der Waals surface area contributed by atoms with Gasteiger partial charge in [-0.25, -0.2) is 14.4 Å². The Labute approximate surface area is 153 Å². The molecule has 8 heteroatoms. The van der Waals surface area contributed by atoms with Crippen molar-refractivity contribution in [2.24, 2.45) is 0 Å². The van der Waals surface area contributed by atoms with Gasteiger partial charge in [0, 0.05) is 18.0 Å². The zero-order valence-electron chi connectivity index (χ0n) is 13.8. The Bertz CT molecular complexity index is 923. The van der Waals surface area contributed by atoms with Crippen molar-refractivity contribution in [3.63, 3.8) is 0 Å². The molecule has 1 atom stereocenters. The Balaban J connectivity index is 1.75. The van der Waals surface area contributed by atoms with Crippen LogP contribution in [0, 0.1) is 5.82 Å². The Morgan fingerprint density at radius 3 is 2.72 bits per heavy atom. The van der Waals surface area contributed by atoms with Crippen molar-refractivity contribution in [1.29, 1.82) is 0 Å². The summed E-state index contributed by atoms with van der Waals surface area (Å²) >= 11 is 3.56. The molecule has 1 aliphatic rings. The van der Waals surface area contributed by atoms with Crippen LogP contribution >= 0.6 is 15.9 Å². The van der Waals surface area contributed by atoms with Crippen LogP contribution in [0.5, 0.6) is 0 Å². The van der Waals surface area contributed by atoms with Gasteiger partial charge in [-0.2, -0.15) is 4.52 Å². The van der Waals surface area contributed by atoms with Crippen molar-refractivity contribution in [1.82, 2.24) is 24.5 Å². The van der Waals surface area contributed by atoms with Gasteiger partial charge in [-0.1, -0.05) is 0 Å². The molecule has 0 bridgehead atoms. The van der Waals surface area contributed by atoms with E-state index in [-0.39, 0.29) is 11.8 Å². The highest BCUT2D eigenvalue weighted by Crippen LogP contribution is 2.31. The van der Waals surface area contributed by atoms with Crippen LogP contribution in [-0.2, 0) is 6.42 Å². The molecule has 1 aliphatic heterocycles. The molecule has 1 saturated heterocycles. The van der Waals surface area contributed by atoms with E-state index in [1.807, 2.05) is 0 Å². The van der Waals surface area contributed by atoms with Crippen LogP contribution in [0.1, 0.15) is 18.7 Å². The second kappa shape index (κ2) is 6.34. The van der Waals surface area contributed by atoms with E-state index < -0.39 is 0 Å². The highest BCUT2D eigenvalue weighted by Gasteiger charge is 2.24. The maximum absolute atomic E-state index is 13.2. The summed E-state index contributed by atoms with van der Waals surface area (Å²) in [5.74, 6) is 0.722. The van der Waals surface area contributed by atoms with Gasteiger partial charge in [0.05, 0.1) is 10.2 Å². The van der Waals surface area contributed by atoms with E-state index in [2.05, 4.69) is 42.9 Å². The molecule has 4 rings (SSSR count). The molecule has 1 fully saturated rings. The third-order valence-corrected chi connectivity index (χ3v) is 5.44. The fourth-order valence-corrected chi connectivity index (χ4v) is 3.88. The lowest BCUT2D eigenvalue weighted by molar-refractivity contribution is 0.306. The Morgan fingerprint density at radius 1 is 1.28 bits per heavy atom. The van der Waals surface area contributed by atoms with E-state index in [0.717, 1.165) is 30.8 Å². The number of nitrogen functional groups attached to an aromatic ring is 1. The number of nitrogens with zero attached hydrogens (tertiary/aromatic N) is 5. The molecule has 130 valence electrons. The minimum atomic E-state index is -0.292. The fraction of sp³-hybridized carbons (Fsp3) is 0.353. The van der Waals surface area contributed by atoms with Gasteiger partial charge in [0.2, 0.25) is 5.95 Å². The summed E-state index contributed by atoms with van der Waals surface area (Å²) in [6.07, 6.45) is 3.15. The van der Waals surface area contributed by atoms with Gasteiger partial charge in [0.15, 0.2) is 11.5 Å². The minimum absolute atomic E-state index is 0.260. The summed E-state index contributed by atoms with van der Waals surface area (Å²) in [6, 6.07) is 6.60. The van der Waals surface area contributed by atoms with Crippen molar-refractivity contribution in [3.05, 3.63) is 40.4 Å². The quantitative estimate of drug-likeness (QED) is 0.726. The lowest BCUT2D eigenvalue weighted by Crippen LogP contribution is -2.27. The third kappa shape index (κ3) is 3.00. The third-order valence-electron chi connectivity index (χ3n) is 4.71. The number of anilines is 1. The fourth-order valence-electron chi connectivity index (χ4n) is 3.31. The maximum atomic E-state index is 13.2. The van der Waals surface area contributed by atoms with E-state index in [1.165, 1.54) is 18.6 Å². The largest absolute Gasteiger partial charge is 0.368 e. The summed E-state index contributed by atoms with van der Waals surface area (Å²) in [5.41, 5.74) is 8.11. The number of fused-ring (bicyclic) bond motifs is 1. The predicted molar refractivity (Wildman–Crippen MR) is 97.6 cm³/mol. The number of aromatic nitrogens is 4. The van der Waals surface area contributed by atoms with Crippen LogP contribution in [0.15, 0.2) is 28.7 Å². The molecule has 0 aliphatic carbocycles. The van der Waals surface area contributed by atoms with Crippen LogP contribution in [0.2, 0.25) is 0 Å². The first-order chi connectivity index (χ1) is 12.0. The molecular formula is C17H18BrFN6. The molecule has 0 amide bonds. The van der Waals surface area contributed by atoms with Gasteiger partial charge < -0.3 is 10.6 Å². The Kier molecular flexibility index (Phi) is 4.16. The second-order valence-electron chi connectivity index (χ2n) is 6.38. The summed E-state index contributed by atoms with van der Waals surface area (Å²) in [7, 11) is 2.13. The number of nitrogens with two attached hydrogens (primary N) is 1. The zero-order valence-corrected chi connectivity index (χ0v) is 15.4. The number of likely N-dealkylation sites (tertiary alicyclic amines) is 1. The first-order valence-corrected chi connectivity index (χ1v) is 8.99. The molecule has 0 unspecified atom stereocenters. The SMILES string of the molecule is CN1CCC[C@@H]1Cc1nc2c(Br)c(-c3ccc(F)cc3)nc(N)n2n1. The number of hydrogen-bond acceptors (Lipinski definition) is 5. The lowest BCUT2D eigenvalue weighted by Gasteiger charge is -2.17. The first-order valence-electron chi connectivity index (χ1n) is 8.19. The summed E-state index contributed by atoms with van der Waals surface area (Å²) in [5, 5.41) is 4.52. The number of rotatable bonds is 3. The van der Waals surface area contributed by atoms with Crippen molar-refractivity contribution in [2.75, 3.05) is 19.3 Å².